The maximum atomic E-state index is 12.8. The summed E-state index contributed by atoms with van der Waals surface area (Å²) in [5, 5.41) is 12.5. The van der Waals surface area contributed by atoms with Gasteiger partial charge in [-0.05, 0) is 48.8 Å². The minimum Gasteiger partial charge on any atom is -0.396 e. The van der Waals surface area contributed by atoms with Crippen molar-refractivity contribution in [2.75, 3.05) is 31.6 Å². The summed E-state index contributed by atoms with van der Waals surface area (Å²) >= 11 is 0. The van der Waals surface area contributed by atoms with E-state index in [1.54, 1.807) is 0 Å². The van der Waals surface area contributed by atoms with E-state index in [0.29, 0.717) is 18.4 Å². The number of hydrogen-bond donors (Lipinski definition) is 2. The molecule has 1 heterocycles. The van der Waals surface area contributed by atoms with Crippen molar-refractivity contribution in [2.24, 2.45) is 17.8 Å². The second-order valence-electron chi connectivity index (χ2n) is 7.35. The Balaban J connectivity index is 2.11. The van der Waals surface area contributed by atoms with Crippen LogP contribution in [0, 0.1) is 24.7 Å². The smallest absolute Gasteiger partial charge is 0.253 e. The summed E-state index contributed by atoms with van der Waals surface area (Å²) in [6.07, 6.45) is 1.20. The van der Waals surface area contributed by atoms with Crippen LogP contribution in [0.4, 0.5) is 5.69 Å². The first-order chi connectivity index (χ1) is 10.9. The van der Waals surface area contributed by atoms with Gasteiger partial charge in [-0.25, -0.2) is 0 Å². The molecule has 0 saturated carbocycles. The number of aliphatic hydroxyl groups excluding tert-OH is 1. The summed E-state index contributed by atoms with van der Waals surface area (Å²) in [7, 11) is 0. The van der Waals surface area contributed by atoms with E-state index in [9.17, 15) is 4.79 Å². The van der Waals surface area contributed by atoms with Crippen LogP contribution in [0.2, 0.25) is 0 Å². The number of aryl methyl sites for hydroxylation is 1. The highest BCUT2D eigenvalue weighted by atomic mass is 16.3. The Bertz CT molecular complexity index is 534. The molecule has 1 fully saturated rings. The lowest BCUT2D eigenvalue weighted by Crippen LogP contribution is -2.42. The Kier molecular flexibility index (Phi) is 6.05. The molecular weight excluding hydrogens is 288 g/mol. The Hall–Kier alpha value is -1.55. The predicted molar refractivity (Wildman–Crippen MR) is 94.8 cm³/mol. The van der Waals surface area contributed by atoms with Crippen LogP contribution in [0.15, 0.2) is 18.2 Å². The number of nitrogens with one attached hydrogen (secondary N) is 1. The molecule has 1 aliphatic rings. The average Bonchev–Trinajstić information content (AvgIpc) is 2.52. The highest BCUT2D eigenvalue weighted by Gasteiger charge is 2.26. The van der Waals surface area contributed by atoms with E-state index in [4.69, 9.17) is 5.11 Å². The summed E-state index contributed by atoms with van der Waals surface area (Å²) < 4.78 is 0. The fourth-order valence-electron chi connectivity index (χ4n) is 3.31. The number of anilines is 1. The van der Waals surface area contributed by atoms with Gasteiger partial charge in [-0.15, -0.1) is 0 Å². The van der Waals surface area contributed by atoms with E-state index >= 15 is 0 Å². The fourth-order valence-corrected chi connectivity index (χ4v) is 3.31. The Morgan fingerprint density at radius 3 is 2.61 bits per heavy atom. The standard InChI is InChI=1S/C19H30N2O2/c1-13-7-14(2)11-21(10-13)19(23)17-6-5-16(4)18(8-17)20-9-15(3)12-22/h5-6,8,13-15,20,22H,7,9-12H2,1-4H3/t13-,14-,15+/m1/s1. The zero-order valence-electron chi connectivity index (χ0n) is 14.8. The Labute approximate surface area is 139 Å². The number of piperidine rings is 1. The first kappa shape index (κ1) is 17.8. The average molecular weight is 318 g/mol. The van der Waals surface area contributed by atoms with Crippen LogP contribution in [-0.2, 0) is 0 Å². The predicted octanol–water partition coefficient (Wildman–Crippen LogP) is 3.15. The van der Waals surface area contributed by atoms with Crippen molar-refractivity contribution in [1.29, 1.82) is 0 Å². The lowest BCUT2D eigenvalue weighted by Gasteiger charge is -2.35. The van der Waals surface area contributed by atoms with Crippen molar-refractivity contribution in [3.05, 3.63) is 29.3 Å². The molecule has 4 heteroatoms. The van der Waals surface area contributed by atoms with E-state index in [1.807, 2.05) is 36.9 Å². The maximum absolute atomic E-state index is 12.8. The van der Waals surface area contributed by atoms with Gasteiger partial charge in [0.15, 0.2) is 0 Å². The van der Waals surface area contributed by atoms with E-state index in [1.165, 1.54) is 6.42 Å². The molecule has 0 bridgehead atoms. The topological polar surface area (TPSA) is 52.6 Å². The van der Waals surface area contributed by atoms with Crippen LogP contribution in [0.1, 0.15) is 43.1 Å². The van der Waals surface area contributed by atoms with Crippen LogP contribution in [-0.4, -0.2) is 42.2 Å². The van der Waals surface area contributed by atoms with Gasteiger partial charge in [-0.3, -0.25) is 4.79 Å². The molecule has 0 aromatic heterocycles. The molecule has 128 valence electrons. The molecule has 0 unspecified atom stereocenters. The monoisotopic (exact) mass is 318 g/mol. The van der Waals surface area contributed by atoms with Gasteiger partial charge in [-0.1, -0.05) is 26.8 Å². The zero-order valence-corrected chi connectivity index (χ0v) is 14.8. The van der Waals surface area contributed by atoms with Crippen molar-refractivity contribution in [1.82, 2.24) is 4.90 Å². The summed E-state index contributed by atoms with van der Waals surface area (Å²) in [5.74, 6) is 1.45. The summed E-state index contributed by atoms with van der Waals surface area (Å²) in [6.45, 7) is 11.0. The molecule has 0 aliphatic carbocycles. The van der Waals surface area contributed by atoms with Crippen LogP contribution >= 0.6 is 0 Å². The van der Waals surface area contributed by atoms with E-state index in [0.717, 1.165) is 29.9 Å². The highest BCUT2D eigenvalue weighted by molar-refractivity contribution is 5.95. The quantitative estimate of drug-likeness (QED) is 0.877. The molecule has 4 nitrogen and oxygen atoms in total. The van der Waals surface area contributed by atoms with Gasteiger partial charge in [0.1, 0.15) is 0 Å². The fraction of sp³-hybridized carbons (Fsp3) is 0.632. The molecule has 1 saturated heterocycles. The first-order valence-corrected chi connectivity index (χ1v) is 8.65. The van der Waals surface area contributed by atoms with Crippen LogP contribution < -0.4 is 5.32 Å². The van der Waals surface area contributed by atoms with Crippen LogP contribution in [0.5, 0.6) is 0 Å². The van der Waals surface area contributed by atoms with Gasteiger partial charge < -0.3 is 15.3 Å². The molecule has 1 amide bonds. The number of carbonyl (C=O) groups is 1. The molecule has 0 radical (unpaired) electrons. The third-order valence-electron chi connectivity index (χ3n) is 4.59. The minimum atomic E-state index is 0.127. The van der Waals surface area contributed by atoms with Crippen molar-refractivity contribution in [3.8, 4) is 0 Å². The van der Waals surface area contributed by atoms with Crippen molar-refractivity contribution >= 4 is 11.6 Å². The summed E-state index contributed by atoms with van der Waals surface area (Å²) in [6, 6.07) is 5.87. The Morgan fingerprint density at radius 1 is 1.35 bits per heavy atom. The largest absolute Gasteiger partial charge is 0.396 e. The van der Waals surface area contributed by atoms with Crippen LogP contribution in [0.25, 0.3) is 0 Å². The molecule has 23 heavy (non-hydrogen) atoms. The lowest BCUT2D eigenvalue weighted by molar-refractivity contribution is 0.0623. The lowest BCUT2D eigenvalue weighted by atomic mass is 9.91. The highest BCUT2D eigenvalue weighted by Crippen LogP contribution is 2.24. The second-order valence-corrected chi connectivity index (χ2v) is 7.35. The van der Waals surface area contributed by atoms with Gasteiger partial charge in [-0.2, -0.15) is 0 Å². The number of likely N-dealkylation sites (tertiary alicyclic amines) is 1. The van der Waals surface area contributed by atoms with Gasteiger partial charge in [0.2, 0.25) is 0 Å². The third kappa shape index (κ3) is 4.71. The molecule has 2 rings (SSSR count). The SMILES string of the molecule is Cc1ccc(C(=O)N2C[C@H](C)C[C@@H](C)C2)cc1NC[C@H](C)CO. The van der Waals surface area contributed by atoms with Gasteiger partial charge in [0, 0.05) is 37.5 Å². The number of rotatable bonds is 5. The second kappa shape index (κ2) is 7.82. The molecule has 1 aliphatic heterocycles. The normalized spacial score (nSPS) is 22.7. The van der Waals surface area contributed by atoms with Gasteiger partial charge in [0.05, 0.1) is 0 Å². The van der Waals surface area contributed by atoms with Crippen molar-refractivity contribution in [2.45, 2.75) is 34.1 Å². The minimum absolute atomic E-state index is 0.127. The maximum Gasteiger partial charge on any atom is 0.253 e. The molecule has 1 aromatic rings. The van der Waals surface area contributed by atoms with Gasteiger partial charge in [0.25, 0.3) is 5.91 Å². The van der Waals surface area contributed by atoms with E-state index in [2.05, 4.69) is 19.2 Å². The molecular formula is C19H30N2O2. The number of hydrogen-bond acceptors (Lipinski definition) is 3. The molecule has 0 spiro atoms. The number of nitrogens with zero attached hydrogens (tertiary/aromatic N) is 1. The molecule has 1 aromatic carbocycles. The van der Waals surface area contributed by atoms with Crippen molar-refractivity contribution < 1.29 is 9.90 Å². The third-order valence-corrected chi connectivity index (χ3v) is 4.59. The van der Waals surface area contributed by atoms with Gasteiger partial charge >= 0.3 is 0 Å². The number of aliphatic hydroxyl groups is 1. The van der Waals surface area contributed by atoms with Crippen molar-refractivity contribution in [3.63, 3.8) is 0 Å². The molecule has 2 N–H and O–H groups in total. The number of benzene rings is 1. The number of carbonyl (C=O) groups excluding carboxylic acids is 1. The Morgan fingerprint density at radius 2 is 2.00 bits per heavy atom. The first-order valence-electron chi connectivity index (χ1n) is 8.65. The molecule has 3 atom stereocenters. The summed E-state index contributed by atoms with van der Waals surface area (Å²) in [4.78, 5) is 14.8. The zero-order chi connectivity index (χ0) is 17.0. The van der Waals surface area contributed by atoms with E-state index < -0.39 is 0 Å². The summed E-state index contributed by atoms with van der Waals surface area (Å²) in [5.41, 5.74) is 2.84. The van der Waals surface area contributed by atoms with Crippen LogP contribution in [0.3, 0.4) is 0 Å². The van der Waals surface area contributed by atoms with E-state index in [-0.39, 0.29) is 18.4 Å². The number of amides is 1.